The van der Waals surface area contributed by atoms with Gasteiger partial charge in [0.15, 0.2) is 0 Å². The lowest BCUT2D eigenvalue weighted by Gasteiger charge is -2.02. The van der Waals surface area contributed by atoms with Crippen LogP contribution in [0, 0.1) is 6.92 Å². The largest absolute Gasteiger partial charge is 0.467 e. The monoisotopic (exact) mass is 218 g/mol. The van der Waals surface area contributed by atoms with Crippen molar-refractivity contribution in [3.8, 4) is 17.4 Å². The molecular weight excluding hydrogens is 208 g/mol. The Kier molecular flexibility index (Phi) is 2.63. The average molecular weight is 218 g/mol. The molecule has 2 heterocycles. The first-order valence-corrected chi connectivity index (χ1v) is 4.63. The fourth-order valence-electron chi connectivity index (χ4n) is 1.28. The lowest BCUT2D eigenvalue weighted by Crippen LogP contribution is -2.14. The van der Waals surface area contributed by atoms with Gasteiger partial charge in [-0.05, 0) is 18.6 Å². The van der Waals surface area contributed by atoms with Gasteiger partial charge in [-0.3, -0.25) is 9.97 Å². The summed E-state index contributed by atoms with van der Waals surface area (Å²) in [6, 6.07) is 1.91. The normalized spacial score (nSPS) is 10.1. The first kappa shape index (κ1) is 10.3. The summed E-state index contributed by atoms with van der Waals surface area (Å²) in [4.78, 5) is 25.3. The van der Waals surface area contributed by atoms with Crippen molar-refractivity contribution in [1.82, 2.24) is 19.9 Å². The minimum Gasteiger partial charge on any atom is -0.467 e. The van der Waals surface area contributed by atoms with Crippen molar-refractivity contribution < 1.29 is 4.74 Å². The molecule has 0 atom stereocenters. The zero-order valence-corrected chi connectivity index (χ0v) is 8.89. The van der Waals surface area contributed by atoms with Crippen LogP contribution in [0.15, 0.2) is 23.3 Å². The summed E-state index contributed by atoms with van der Waals surface area (Å²) in [5.74, 6) is 0.396. The fourth-order valence-corrected chi connectivity index (χ4v) is 1.28. The number of methoxy groups -OCH3 is 1. The molecule has 0 aliphatic heterocycles. The van der Waals surface area contributed by atoms with Gasteiger partial charge < -0.3 is 4.74 Å². The molecule has 6 heteroatoms. The molecule has 0 aromatic carbocycles. The number of ether oxygens (including phenoxy) is 1. The summed E-state index contributed by atoms with van der Waals surface area (Å²) in [6.45, 7) is 1.91. The van der Waals surface area contributed by atoms with E-state index in [1.54, 1.807) is 12.4 Å². The van der Waals surface area contributed by atoms with Crippen LogP contribution in [0.5, 0.6) is 6.01 Å². The Morgan fingerprint density at radius 2 is 2.12 bits per heavy atom. The highest BCUT2D eigenvalue weighted by Crippen LogP contribution is 2.14. The summed E-state index contributed by atoms with van der Waals surface area (Å²) >= 11 is 0. The highest BCUT2D eigenvalue weighted by Gasteiger charge is 2.05. The summed E-state index contributed by atoms with van der Waals surface area (Å²) in [7, 11) is 1.41. The first-order valence-electron chi connectivity index (χ1n) is 4.63. The Morgan fingerprint density at radius 3 is 2.81 bits per heavy atom. The van der Waals surface area contributed by atoms with Crippen molar-refractivity contribution in [3.05, 3.63) is 34.5 Å². The molecule has 0 saturated carbocycles. The minimum absolute atomic E-state index is 0.0419. The maximum absolute atomic E-state index is 11.2. The number of nitrogens with one attached hydrogen (secondary N) is 1. The fraction of sp³-hybridized carbons (Fsp3) is 0.200. The molecule has 0 radical (unpaired) electrons. The number of rotatable bonds is 2. The first-order chi connectivity index (χ1) is 7.69. The number of H-pyrrole nitrogens is 1. The van der Waals surface area contributed by atoms with Crippen molar-refractivity contribution in [3.63, 3.8) is 0 Å². The third kappa shape index (κ3) is 2.05. The van der Waals surface area contributed by atoms with Gasteiger partial charge in [-0.25, -0.2) is 4.79 Å². The van der Waals surface area contributed by atoms with E-state index in [-0.39, 0.29) is 6.01 Å². The summed E-state index contributed by atoms with van der Waals surface area (Å²) < 4.78 is 4.82. The molecule has 16 heavy (non-hydrogen) atoms. The van der Waals surface area contributed by atoms with Crippen molar-refractivity contribution >= 4 is 0 Å². The van der Waals surface area contributed by atoms with Gasteiger partial charge in [0, 0.05) is 18.0 Å². The third-order valence-corrected chi connectivity index (χ3v) is 1.96. The number of hydrogen-bond acceptors (Lipinski definition) is 5. The molecule has 1 N–H and O–H groups in total. The van der Waals surface area contributed by atoms with E-state index in [0.29, 0.717) is 5.82 Å². The molecule has 0 aliphatic rings. The molecule has 2 aromatic rings. The molecule has 0 unspecified atom stereocenters. The van der Waals surface area contributed by atoms with Crippen LogP contribution >= 0.6 is 0 Å². The van der Waals surface area contributed by atoms with E-state index in [4.69, 9.17) is 4.74 Å². The third-order valence-electron chi connectivity index (χ3n) is 1.96. The van der Waals surface area contributed by atoms with Gasteiger partial charge in [-0.2, -0.15) is 4.98 Å². The number of aryl methyl sites for hydroxylation is 1. The molecule has 0 amide bonds. The van der Waals surface area contributed by atoms with Crippen LogP contribution in [0.4, 0.5) is 0 Å². The van der Waals surface area contributed by atoms with Crippen LogP contribution < -0.4 is 10.4 Å². The van der Waals surface area contributed by atoms with Gasteiger partial charge in [0.05, 0.1) is 7.11 Å². The number of aromatic nitrogens is 4. The SMILES string of the molecule is COc1nc(-c2cncc(C)c2)[nH]c(=O)n1. The molecule has 2 rings (SSSR count). The lowest BCUT2D eigenvalue weighted by atomic mass is 10.2. The molecule has 6 nitrogen and oxygen atoms in total. The zero-order valence-electron chi connectivity index (χ0n) is 8.89. The van der Waals surface area contributed by atoms with E-state index in [9.17, 15) is 4.79 Å². The maximum Gasteiger partial charge on any atom is 0.351 e. The van der Waals surface area contributed by atoms with Gasteiger partial charge in [0.2, 0.25) is 0 Å². The second-order valence-corrected chi connectivity index (χ2v) is 3.24. The smallest absolute Gasteiger partial charge is 0.351 e. The maximum atomic E-state index is 11.2. The van der Waals surface area contributed by atoms with Gasteiger partial charge in [-0.15, -0.1) is 4.98 Å². The number of pyridine rings is 1. The van der Waals surface area contributed by atoms with Gasteiger partial charge in [0.1, 0.15) is 5.82 Å². The van der Waals surface area contributed by atoms with Crippen LogP contribution in [0.2, 0.25) is 0 Å². The average Bonchev–Trinajstić information content (AvgIpc) is 2.28. The van der Waals surface area contributed by atoms with E-state index in [1.165, 1.54) is 7.11 Å². The Bertz CT molecular complexity index is 565. The van der Waals surface area contributed by atoms with E-state index in [2.05, 4.69) is 19.9 Å². The summed E-state index contributed by atoms with van der Waals surface area (Å²) in [5, 5.41) is 0. The van der Waals surface area contributed by atoms with Crippen LogP contribution in [-0.2, 0) is 0 Å². The summed E-state index contributed by atoms with van der Waals surface area (Å²) in [5.41, 5.74) is 1.21. The Balaban J connectivity index is 2.55. The zero-order chi connectivity index (χ0) is 11.5. The Labute approximate surface area is 91.4 Å². The second-order valence-electron chi connectivity index (χ2n) is 3.24. The van der Waals surface area contributed by atoms with Crippen molar-refractivity contribution in [2.75, 3.05) is 7.11 Å². The Morgan fingerprint density at radius 1 is 1.31 bits per heavy atom. The van der Waals surface area contributed by atoms with Crippen LogP contribution in [0.3, 0.4) is 0 Å². The minimum atomic E-state index is -0.497. The summed E-state index contributed by atoms with van der Waals surface area (Å²) in [6.07, 6.45) is 3.34. The topological polar surface area (TPSA) is 80.8 Å². The number of aromatic amines is 1. The van der Waals surface area contributed by atoms with Gasteiger partial charge in [-0.1, -0.05) is 0 Å². The van der Waals surface area contributed by atoms with E-state index >= 15 is 0 Å². The molecule has 0 bridgehead atoms. The molecule has 82 valence electrons. The van der Waals surface area contributed by atoms with Gasteiger partial charge in [0.25, 0.3) is 0 Å². The van der Waals surface area contributed by atoms with Crippen LogP contribution in [0.25, 0.3) is 11.4 Å². The highest BCUT2D eigenvalue weighted by atomic mass is 16.5. The molecule has 2 aromatic heterocycles. The van der Waals surface area contributed by atoms with Crippen LogP contribution in [0.1, 0.15) is 5.56 Å². The van der Waals surface area contributed by atoms with E-state index in [1.807, 2.05) is 13.0 Å². The molecule has 0 saturated heterocycles. The lowest BCUT2D eigenvalue weighted by molar-refractivity contribution is 0.377. The van der Waals surface area contributed by atoms with Crippen LogP contribution in [-0.4, -0.2) is 27.0 Å². The Hall–Kier alpha value is -2.24. The van der Waals surface area contributed by atoms with Crippen molar-refractivity contribution in [1.29, 1.82) is 0 Å². The van der Waals surface area contributed by atoms with E-state index in [0.717, 1.165) is 11.1 Å². The number of nitrogens with zero attached hydrogens (tertiary/aromatic N) is 3. The predicted octanol–water partition coefficient (Wildman–Crippen LogP) is 0.544. The molecular formula is C10H10N4O2. The van der Waals surface area contributed by atoms with Crippen molar-refractivity contribution in [2.24, 2.45) is 0 Å². The highest BCUT2D eigenvalue weighted by molar-refractivity contribution is 5.53. The van der Waals surface area contributed by atoms with Crippen molar-refractivity contribution in [2.45, 2.75) is 6.92 Å². The molecule has 0 aliphatic carbocycles. The predicted molar refractivity (Wildman–Crippen MR) is 57.2 cm³/mol. The van der Waals surface area contributed by atoms with Gasteiger partial charge >= 0.3 is 11.7 Å². The van der Waals surface area contributed by atoms with E-state index < -0.39 is 5.69 Å². The molecule has 0 spiro atoms. The quantitative estimate of drug-likeness (QED) is 0.795. The number of hydrogen-bond donors (Lipinski definition) is 1. The second kappa shape index (κ2) is 4.09. The molecule has 0 fully saturated rings. The standard InChI is InChI=1S/C10H10N4O2/c1-6-3-7(5-11-4-6)8-12-9(15)14-10(13-8)16-2/h3-5H,1-2H3,(H,12,13,14,15).